The molecule has 0 saturated carbocycles. The molecular weight excluding hydrogens is 219 g/mol. The summed E-state index contributed by atoms with van der Waals surface area (Å²) in [5, 5.41) is 0. The quantitative estimate of drug-likeness (QED) is 0.817. The Morgan fingerprint density at radius 3 is 2.67 bits per heavy atom. The largest absolute Gasteiger partial charge is 0.329 e. The first-order valence-corrected chi connectivity index (χ1v) is 5.84. The van der Waals surface area contributed by atoms with Crippen LogP contribution in [0, 0.1) is 5.82 Å². The van der Waals surface area contributed by atoms with Crippen molar-refractivity contribution < 1.29 is 12.8 Å². The summed E-state index contributed by atoms with van der Waals surface area (Å²) in [4.78, 5) is -0.0570. The molecule has 6 heteroatoms. The van der Waals surface area contributed by atoms with Gasteiger partial charge in [-0.15, -0.1) is 0 Å². The van der Waals surface area contributed by atoms with Gasteiger partial charge in [-0.25, -0.2) is 12.8 Å². The van der Waals surface area contributed by atoms with E-state index in [4.69, 9.17) is 5.73 Å². The molecule has 0 amide bonds. The lowest BCUT2D eigenvalue weighted by Gasteiger charge is -2.15. The fraction of sp³-hybridized carbons (Fsp3) is 0.333. The molecule has 0 fully saturated rings. The van der Waals surface area contributed by atoms with Crippen molar-refractivity contribution in [3.63, 3.8) is 0 Å². The number of nitrogens with zero attached hydrogens (tertiary/aromatic N) is 1. The Kier molecular flexibility index (Phi) is 3.78. The van der Waals surface area contributed by atoms with E-state index in [0.717, 1.165) is 10.4 Å². The number of likely N-dealkylation sites (N-methyl/N-ethyl adjacent to an activating group) is 1. The second-order valence-corrected chi connectivity index (χ2v) is 5.12. The standard InChI is InChI=1S/C9H13FN2O2S/c1-12(6-5-11)15(13,14)9-4-2-3-8(10)7-9/h2-4,7H,5-6,11H2,1H3. The minimum Gasteiger partial charge on any atom is -0.329 e. The number of rotatable bonds is 4. The van der Waals surface area contributed by atoms with E-state index in [1.54, 1.807) is 0 Å². The van der Waals surface area contributed by atoms with Gasteiger partial charge in [0.1, 0.15) is 5.82 Å². The van der Waals surface area contributed by atoms with Gasteiger partial charge in [0, 0.05) is 20.1 Å². The molecule has 0 spiro atoms. The normalized spacial score (nSPS) is 12.0. The third kappa shape index (κ3) is 2.74. The van der Waals surface area contributed by atoms with Gasteiger partial charge in [0.25, 0.3) is 0 Å². The third-order valence-electron chi connectivity index (χ3n) is 1.95. The molecule has 1 aromatic carbocycles. The van der Waals surface area contributed by atoms with Crippen molar-refractivity contribution in [2.24, 2.45) is 5.73 Å². The summed E-state index contributed by atoms with van der Waals surface area (Å²) >= 11 is 0. The van der Waals surface area contributed by atoms with Crippen LogP contribution in [0.15, 0.2) is 29.2 Å². The van der Waals surface area contributed by atoms with Gasteiger partial charge in [0.2, 0.25) is 10.0 Å². The maximum absolute atomic E-state index is 12.8. The van der Waals surface area contributed by atoms with E-state index >= 15 is 0 Å². The molecule has 0 aliphatic rings. The van der Waals surface area contributed by atoms with Crippen LogP contribution in [0.25, 0.3) is 0 Å². The van der Waals surface area contributed by atoms with Gasteiger partial charge in [-0.3, -0.25) is 0 Å². The zero-order chi connectivity index (χ0) is 11.5. The van der Waals surface area contributed by atoms with E-state index < -0.39 is 15.8 Å². The van der Waals surface area contributed by atoms with Crippen LogP contribution in [0.1, 0.15) is 0 Å². The Morgan fingerprint density at radius 1 is 1.47 bits per heavy atom. The van der Waals surface area contributed by atoms with Crippen LogP contribution in [0.4, 0.5) is 4.39 Å². The molecule has 0 bridgehead atoms. The Morgan fingerprint density at radius 2 is 2.13 bits per heavy atom. The van der Waals surface area contributed by atoms with Crippen molar-refractivity contribution >= 4 is 10.0 Å². The van der Waals surface area contributed by atoms with Gasteiger partial charge in [-0.2, -0.15) is 4.31 Å². The van der Waals surface area contributed by atoms with Gasteiger partial charge in [-0.05, 0) is 18.2 Å². The molecule has 84 valence electrons. The molecule has 15 heavy (non-hydrogen) atoms. The van der Waals surface area contributed by atoms with Crippen LogP contribution >= 0.6 is 0 Å². The van der Waals surface area contributed by atoms with E-state index in [9.17, 15) is 12.8 Å². The van der Waals surface area contributed by atoms with Gasteiger partial charge in [0.15, 0.2) is 0 Å². The van der Waals surface area contributed by atoms with E-state index in [2.05, 4.69) is 0 Å². The molecule has 0 unspecified atom stereocenters. The Bertz CT molecular complexity index is 433. The zero-order valence-corrected chi connectivity index (χ0v) is 9.17. The van der Waals surface area contributed by atoms with Crippen LogP contribution < -0.4 is 5.73 Å². The molecule has 0 aliphatic carbocycles. The monoisotopic (exact) mass is 232 g/mol. The van der Waals surface area contributed by atoms with Crippen LogP contribution in [-0.2, 0) is 10.0 Å². The highest BCUT2D eigenvalue weighted by Crippen LogP contribution is 2.14. The SMILES string of the molecule is CN(CCN)S(=O)(=O)c1cccc(F)c1. The molecule has 1 aromatic rings. The Labute approximate surface area is 88.6 Å². The molecule has 0 radical (unpaired) electrons. The Hall–Kier alpha value is -0.980. The molecule has 1 rings (SSSR count). The van der Waals surface area contributed by atoms with Crippen molar-refractivity contribution in [3.05, 3.63) is 30.1 Å². The van der Waals surface area contributed by atoms with Crippen molar-refractivity contribution in [1.29, 1.82) is 0 Å². The van der Waals surface area contributed by atoms with Crippen molar-refractivity contribution in [2.45, 2.75) is 4.90 Å². The molecule has 0 heterocycles. The summed E-state index contributed by atoms with van der Waals surface area (Å²) < 4.78 is 37.5. The van der Waals surface area contributed by atoms with Crippen LogP contribution in [0.3, 0.4) is 0 Å². The second-order valence-electron chi connectivity index (χ2n) is 3.07. The lowest BCUT2D eigenvalue weighted by atomic mass is 10.4. The highest BCUT2D eigenvalue weighted by molar-refractivity contribution is 7.89. The van der Waals surface area contributed by atoms with Crippen LogP contribution in [0.2, 0.25) is 0 Å². The summed E-state index contributed by atoms with van der Waals surface area (Å²) in [6, 6.07) is 4.90. The highest BCUT2D eigenvalue weighted by Gasteiger charge is 2.19. The second kappa shape index (κ2) is 4.69. The van der Waals surface area contributed by atoms with Gasteiger partial charge < -0.3 is 5.73 Å². The zero-order valence-electron chi connectivity index (χ0n) is 8.35. The van der Waals surface area contributed by atoms with E-state index in [1.807, 2.05) is 0 Å². The van der Waals surface area contributed by atoms with Gasteiger partial charge >= 0.3 is 0 Å². The van der Waals surface area contributed by atoms with Crippen molar-refractivity contribution in [3.8, 4) is 0 Å². The van der Waals surface area contributed by atoms with Gasteiger partial charge in [0.05, 0.1) is 4.90 Å². The highest BCUT2D eigenvalue weighted by atomic mass is 32.2. The predicted octanol–water partition coefficient (Wildman–Crippen LogP) is 0.405. The third-order valence-corrected chi connectivity index (χ3v) is 3.80. The summed E-state index contributed by atoms with van der Waals surface area (Å²) in [5.41, 5.74) is 5.25. The first-order valence-electron chi connectivity index (χ1n) is 4.40. The van der Waals surface area contributed by atoms with Crippen molar-refractivity contribution in [1.82, 2.24) is 4.31 Å². The minimum absolute atomic E-state index is 0.0570. The maximum Gasteiger partial charge on any atom is 0.242 e. The number of hydrogen-bond acceptors (Lipinski definition) is 3. The predicted molar refractivity (Wildman–Crippen MR) is 55.3 cm³/mol. The minimum atomic E-state index is -3.61. The number of benzene rings is 1. The summed E-state index contributed by atoms with van der Waals surface area (Å²) in [5.74, 6) is -0.572. The summed E-state index contributed by atoms with van der Waals surface area (Å²) in [7, 11) is -2.20. The lowest BCUT2D eigenvalue weighted by molar-refractivity contribution is 0.476. The molecule has 4 nitrogen and oxygen atoms in total. The Balaban J connectivity index is 3.06. The molecule has 2 N–H and O–H groups in total. The van der Waals surface area contributed by atoms with Crippen molar-refractivity contribution in [2.75, 3.05) is 20.1 Å². The first-order chi connectivity index (χ1) is 6.98. The molecule has 0 atom stereocenters. The van der Waals surface area contributed by atoms with E-state index in [0.29, 0.717) is 0 Å². The first kappa shape index (κ1) is 12.1. The van der Waals surface area contributed by atoms with E-state index in [1.165, 1.54) is 25.2 Å². The summed E-state index contributed by atoms with van der Waals surface area (Å²) in [6.07, 6.45) is 0. The topological polar surface area (TPSA) is 63.4 Å². The number of nitrogens with two attached hydrogens (primary N) is 1. The molecule has 0 aliphatic heterocycles. The van der Waals surface area contributed by atoms with Crippen LogP contribution in [-0.4, -0.2) is 32.9 Å². The fourth-order valence-corrected chi connectivity index (χ4v) is 2.33. The average Bonchev–Trinajstić information content (AvgIpc) is 2.18. The molecule has 0 aromatic heterocycles. The number of halogens is 1. The molecular formula is C9H13FN2O2S. The fourth-order valence-electron chi connectivity index (χ4n) is 1.11. The maximum atomic E-state index is 12.8. The lowest BCUT2D eigenvalue weighted by Crippen LogP contribution is -2.31. The summed E-state index contributed by atoms with van der Waals surface area (Å²) in [6.45, 7) is 0.434. The van der Waals surface area contributed by atoms with Crippen LogP contribution in [0.5, 0.6) is 0 Å². The smallest absolute Gasteiger partial charge is 0.242 e. The molecule has 0 saturated heterocycles. The number of hydrogen-bond donors (Lipinski definition) is 1. The average molecular weight is 232 g/mol. The number of sulfonamides is 1. The van der Waals surface area contributed by atoms with E-state index in [-0.39, 0.29) is 18.0 Å². The van der Waals surface area contributed by atoms with Gasteiger partial charge in [-0.1, -0.05) is 6.07 Å².